The van der Waals surface area contributed by atoms with Crippen LogP contribution in [0.25, 0.3) is 0 Å². The fraction of sp³-hybridized carbons (Fsp3) is 1.00. The number of unbranched alkanes of at least 4 members (excludes halogenated alkanes) is 2. The van der Waals surface area contributed by atoms with Gasteiger partial charge in [0.1, 0.15) is 0 Å². The molecule has 0 aliphatic carbocycles. The molecule has 0 spiro atoms. The minimum atomic E-state index is 0.0553. The summed E-state index contributed by atoms with van der Waals surface area (Å²) in [5, 5.41) is 16.5. The van der Waals surface area contributed by atoms with E-state index in [-0.39, 0.29) is 21.1 Å². The molecule has 0 saturated carbocycles. The predicted octanol–water partition coefficient (Wildman–Crippen LogP) is 2.50. The molecule has 0 aliphatic heterocycles. The van der Waals surface area contributed by atoms with Crippen LogP contribution in [-0.4, -0.2) is 35.4 Å². The van der Waals surface area contributed by atoms with Crippen molar-refractivity contribution in [1.29, 1.82) is 0 Å². The van der Waals surface area contributed by atoms with E-state index in [0.29, 0.717) is 0 Å². The molecule has 0 rings (SSSR count). The molecule has 0 aromatic heterocycles. The summed E-state index contributed by atoms with van der Waals surface area (Å²) in [6, 6.07) is 0. The Bertz CT molecular complexity index is 100. The number of hydrogen-bond donors (Lipinski definition) is 0. The van der Waals surface area contributed by atoms with Gasteiger partial charge in [-0.25, -0.2) is 0 Å². The molecule has 3 heteroatoms. The predicted molar refractivity (Wildman–Crippen MR) is 75.4 cm³/mol. The summed E-state index contributed by atoms with van der Waals surface area (Å²) in [6.45, 7) is 7.00. The van der Waals surface area contributed by atoms with Crippen LogP contribution in [0.3, 0.4) is 0 Å². The van der Waals surface area contributed by atoms with Gasteiger partial charge in [0, 0.05) is 0 Å². The zero-order valence-corrected chi connectivity index (χ0v) is 15.4. The van der Waals surface area contributed by atoms with E-state index in [1.807, 2.05) is 0 Å². The van der Waals surface area contributed by atoms with Gasteiger partial charge in [-0.3, -0.25) is 0 Å². The first kappa shape index (κ1) is 22.9. The fourth-order valence-electron chi connectivity index (χ4n) is 1.55. The first-order valence-electron chi connectivity index (χ1n) is 6.87. The monoisotopic (exact) mass is 352 g/mol. The Morgan fingerprint density at radius 1 is 0.882 bits per heavy atom. The molecule has 1 atom stereocenters. The summed E-state index contributed by atoms with van der Waals surface area (Å²) in [7, 11) is 1.50. The normalized spacial score (nSPS) is 10.3. The number of rotatable bonds is 9. The standard InChI is InChI=1S/C8H17.C4H9.2CH3O.Sn/c1-4-6-7-8(3)5-2;1-3-4-2;2*1-2;/h8H,3-7H2,1-2H3;1,3-4H2,2H3;2*1H3;/q;;2*-1;+2. The van der Waals surface area contributed by atoms with Crippen LogP contribution >= 0.6 is 0 Å². The molecule has 0 bridgehead atoms. The van der Waals surface area contributed by atoms with Crippen LogP contribution in [0.2, 0.25) is 8.87 Å². The van der Waals surface area contributed by atoms with Crippen LogP contribution < -0.4 is 10.2 Å². The molecular formula is C14H32O2Sn. The molecule has 0 aliphatic rings. The van der Waals surface area contributed by atoms with E-state index in [4.69, 9.17) is 10.2 Å². The van der Waals surface area contributed by atoms with Crippen LogP contribution in [0.15, 0.2) is 0 Å². The maximum Gasteiger partial charge on any atom is -0.153 e. The van der Waals surface area contributed by atoms with Crippen molar-refractivity contribution in [2.24, 2.45) is 5.92 Å². The van der Waals surface area contributed by atoms with Gasteiger partial charge < -0.3 is 10.2 Å². The van der Waals surface area contributed by atoms with Crippen LogP contribution in [0.1, 0.15) is 59.3 Å². The van der Waals surface area contributed by atoms with E-state index >= 15 is 0 Å². The van der Waals surface area contributed by atoms with Gasteiger partial charge in [-0.05, 0) is 0 Å². The Balaban J connectivity index is -0.000000439. The molecule has 0 radical (unpaired) electrons. The van der Waals surface area contributed by atoms with Crippen molar-refractivity contribution in [3.05, 3.63) is 0 Å². The average molecular weight is 351 g/mol. The van der Waals surface area contributed by atoms with E-state index < -0.39 is 0 Å². The third-order valence-electron chi connectivity index (χ3n) is 2.68. The van der Waals surface area contributed by atoms with Gasteiger partial charge in [-0.1, -0.05) is 0 Å². The van der Waals surface area contributed by atoms with Gasteiger partial charge in [0.05, 0.1) is 0 Å². The van der Waals surface area contributed by atoms with Gasteiger partial charge in [-0.15, -0.1) is 0 Å². The third kappa shape index (κ3) is 22.4. The second kappa shape index (κ2) is 25.5. The van der Waals surface area contributed by atoms with Crippen molar-refractivity contribution in [3.63, 3.8) is 0 Å². The molecule has 0 fully saturated rings. The van der Waals surface area contributed by atoms with Crippen molar-refractivity contribution in [2.45, 2.75) is 68.2 Å². The fourth-order valence-corrected chi connectivity index (χ4v) is 6.43. The van der Waals surface area contributed by atoms with Gasteiger partial charge >= 0.3 is 95.2 Å². The smallest absolute Gasteiger partial charge is 0.153 e. The molecule has 0 amide bonds. The Morgan fingerprint density at radius 3 is 1.82 bits per heavy atom. The summed E-state index contributed by atoms with van der Waals surface area (Å²) in [6.07, 6.45) is 8.72. The van der Waals surface area contributed by atoms with Gasteiger partial charge in [0.2, 0.25) is 0 Å². The average Bonchev–Trinajstić information content (AvgIpc) is 2.42. The quantitative estimate of drug-likeness (QED) is 0.473. The molecule has 17 heavy (non-hydrogen) atoms. The molecule has 0 saturated heterocycles. The molecule has 1 unspecified atom stereocenters. The Morgan fingerprint density at radius 2 is 1.41 bits per heavy atom. The summed E-state index contributed by atoms with van der Waals surface area (Å²) in [5.41, 5.74) is 0. The topological polar surface area (TPSA) is 46.1 Å². The SMILES string of the molecule is CCC[CH2][Sn+2][CH2]C(CC)CCCC.C[O-].C[O-]. The second-order valence-electron chi connectivity index (χ2n) is 3.97. The third-order valence-corrected chi connectivity index (χ3v) is 7.17. The Hall–Kier alpha value is 0.719. The van der Waals surface area contributed by atoms with Crippen molar-refractivity contribution < 1.29 is 10.2 Å². The van der Waals surface area contributed by atoms with E-state index in [1.165, 1.54) is 38.5 Å². The van der Waals surface area contributed by atoms with E-state index in [2.05, 4.69) is 20.8 Å². The minimum absolute atomic E-state index is 0.0553. The van der Waals surface area contributed by atoms with E-state index in [0.717, 1.165) is 20.1 Å². The van der Waals surface area contributed by atoms with Gasteiger partial charge in [0.25, 0.3) is 0 Å². The van der Waals surface area contributed by atoms with E-state index in [1.54, 1.807) is 8.87 Å². The molecule has 0 N–H and O–H groups in total. The zero-order valence-electron chi connectivity index (χ0n) is 12.6. The van der Waals surface area contributed by atoms with Crippen molar-refractivity contribution in [3.8, 4) is 0 Å². The van der Waals surface area contributed by atoms with E-state index in [9.17, 15) is 0 Å². The summed E-state index contributed by atoms with van der Waals surface area (Å²) >= 11 is 0.0553. The second-order valence-corrected chi connectivity index (χ2v) is 7.99. The molecule has 2 nitrogen and oxygen atoms in total. The first-order chi connectivity index (χ1) is 8.35. The minimum Gasteiger partial charge on any atom is -0.857 e. The maximum atomic E-state index is 8.25. The molecular weight excluding hydrogens is 319 g/mol. The summed E-state index contributed by atoms with van der Waals surface area (Å²) in [4.78, 5) is 0. The van der Waals surface area contributed by atoms with Crippen molar-refractivity contribution in [1.82, 2.24) is 0 Å². The summed E-state index contributed by atoms with van der Waals surface area (Å²) in [5.74, 6) is 1.10. The largest absolute Gasteiger partial charge is 0.857 e. The first-order valence-corrected chi connectivity index (χ1v) is 10.9. The molecule has 0 heterocycles. The van der Waals surface area contributed by atoms with Crippen LogP contribution in [0.4, 0.5) is 0 Å². The zero-order chi connectivity index (χ0) is 13.9. The molecule has 104 valence electrons. The number of hydrogen-bond acceptors (Lipinski definition) is 2. The molecule has 0 aromatic carbocycles. The Kier molecular flexibility index (Phi) is 34.3. The van der Waals surface area contributed by atoms with Crippen LogP contribution in [0, 0.1) is 5.92 Å². The van der Waals surface area contributed by atoms with Gasteiger partial charge in [0.15, 0.2) is 0 Å². The Labute approximate surface area is 119 Å². The van der Waals surface area contributed by atoms with Crippen molar-refractivity contribution >= 4 is 21.1 Å². The maximum absolute atomic E-state index is 8.25. The molecule has 0 aromatic rings. The van der Waals surface area contributed by atoms with Gasteiger partial charge in [-0.2, -0.15) is 14.2 Å². The summed E-state index contributed by atoms with van der Waals surface area (Å²) < 4.78 is 3.28. The van der Waals surface area contributed by atoms with Crippen LogP contribution in [-0.2, 0) is 0 Å². The van der Waals surface area contributed by atoms with Crippen molar-refractivity contribution in [2.75, 3.05) is 14.2 Å². The van der Waals surface area contributed by atoms with Crippen LogP contribution in [0.5, 0.6) is 0 Å².